The van der Waals surface area contributed by atoms with Crippen LogP contribution in [0.2, 0.25) is 0 Å². The van der Waals surface area contributed by atoms with Crippen molar-refractivity contribution in [3.63, 3.8) is 0 Å². The van der Waals surface area contributed by atoms with Crippen molar-refractivity contribution in [1.82, 2.24) is 0 Å². The van der Waals surface area contributed by atoms with Crippen molar-refractivity contribution in [3.05, 3.63) is 17.2 Å². The van der Waals surface area contributed by atoms with Crippen LogP contribution in [0.4, 0.5) is 0 Å². The van der Waals surface area contributed by atoms with Gasteiger partial charge in [-0.05, 0) is 11.8 Å². The number of ketones is 2. The molecular formula is C18H26O5. The van der Waals surface area contributed by atoms with E-state index in [4.69, 9.17) is 0 Å². The summed E-state index contributed by atoms with van der Waals surface area (Å²) >= 11 is 0. The van der Waals surface area contributed by atoms with Gasteiger partial charge in [0, 0.05) is 42.9 Å². The molecule has 1 aromatic carbocycles. The third kappa shape index (κ3) is 5.58. The standard InChI is InChI=1S/C18H26O5/c1-10(2)5-12(19)7-14-16(21)9-17(22)15(18(14)23)8-13(20)6-11(3)4/h9-11,21-23H,5-8H2,1-4H3. The monoisotopic (exact) mass is 322 g/mol. The molecule has 1 rings (SSSR count). The van der Waals surface area contributed by atoms with Crippen LogP contribution < -0.4 is 0 Å². The number of carbonyl (C=O) groups is 2. The van der Waals surface area contributed by atoms with Gasteiger partial charge >= 0.3 is 0 Å². The van der Waals surface area contributed by atoms with Gasteiger partial charge in [-0.2, -0.15) is 0 Å². The van der Waals surface area contributed by atoms with Crippen LogP contribution in [0.5, 0.6) is 17.2 Å². The van der Waals surface area contributed by atoms with Crippen molar-refractivity contribution in [3.8, 4) is 17.2 Å². The number of carbonyl (C=O) groups excluding carboxylic acids is 2. The molecule has 23 heavy (non-hydrogen) atoms. The number of hydrogen-bond acceptors (Lipinski definition) is 5. The summed E-state index contributed by atoms with van der Waals surface area (Å²) in [7, 11) is 0. The van der Waals surface area contributed by atoms with Crippen LogP contribution in [-0.4, -0.2) is 26.9 Å². The molecule has 0 aliphatic rings. The molecule has 0 atom stereocenters. The molecule has 3 N–H and O–H groups in total. The normalized spacial score (nSPS) is 11.2. The van der Waals surface area contributed by atoms with Gasteiger partial charge in [-0.25, -0.2) is 0 Å². The van der Waals surface area contributed by atoms with Crippen molar-refractivity contribution < 1.29 is 24.9 Å². The molecule has 0 saturated carbocycles. The van der Waals surface area contributed by atoms with Crippen molar-refractivity contribution >= 4 is 11.6 Å². The van der Waals surface area contributed by atoms with E-state index in [1.807, 2.05) is 27.7 Å². The summed E-state index contributed by atoms with van der Waals surface area (Å²) in [6.45, 7) is 7.63. The van der Waals surface area contributed by atoms with Gasteiger partial charge in [0.05, 0.1) is 0 Å². The average molecular weight is 322 g/mol. The lowest BCUT2D eigenvalue weighted by Gasteiger charge is -2.14. The lowest BCUT2D eigenvalue weighted by Crippen LogP contribution is -2.10. The van der Waals surface area contributed by atoms with Crippen LogP contribution in [0.1, 0.15) is 51.7 Å². The Balaban J connectivity index is 3.07. The van der Waals surface area contributed by atoms with Gasteiger partial charge in [0.25, 0.3) is 0 Å². The van der Waals surface area contributed by atoms with E-state index >= 15 is 0 Å². The topological polar surface area (TPSA) is 94.8 Å². The SMILES string of the molecule is CC(C)CC(=O)Cc1c(O)cc(O)c(CC(=O)CC(C)C)c1O. The van der Waals surface area contributed by atoms with E-state index in [9.17, 15) is 24.9 Å². The third-order valence-electron chi connectivity index (χ3n) is 3.48. The maximum Gasteiger partial charge on any atom is 0.137 e. The molecular weight excluding hydrogens is 296 g/mol. The van der Waals surface area contributed by atoms with E-state index in [0.717, 1.165) is 6.07 Å². The number of hydrogen-bond donors (Lipinski definition) is 3. The molecule has 0 heterocycles. The van der Waals surface area contributed by atoms with Gasteiger partial charge < -0.3 is 15.3 Å². The van der Waals surface area contributed by atoms with Crippen LogP contribution in [0.25, 0.3) is 0 Å². The molecule has 0 aliphatic carbocycles. The number of phenols is 3. The third-order valence-corrected chi connectivity index (χ3v) is 3.48. The van der Waals surface area contributed by atoms with Gasteiger partial charge in [0.15, 0.2) is 0 Å². The summed E-state index contributed by atoms with van der Waals surface area (Å²) in [6.07, 6.45) is 0.422. The Bertz CT molecular complexity index is 539. The molecule has 5 heteroatoms. The highest BCUT2D eigenvalue weighted by Gasteiger charge is 2.21. The van der Waals surface area contributed by atoms with Gasteiger partial charge in [-0.15, -0.1) is 0 Å². The summed E-state index contributed by atoms with van der Waals surface area (Å²) < 4.78 is 0. The minimum absolute atomic E-state index is 0.0702. The predicted octanol–water partition coefficient (Wildman–Crippen LogP) is 3.12. The highest BCUT2D eigenvalue weighted by molar-refractivity contribution is 5.85. The van der Waals surface area contributed by atoms with E-state index in [-0.39, 0.29) is 64.6 Å². The highest BCUT2D eigenvalue weighted by Crippen LogP contribution is 2.38. The largest absolute Gasteiger partial charge is 0.507 e. The highest BCUT2D eigenvalue weighted by atomic mass is 16.3. The van der Waals surface area contributed by atoms with Crippen molar-refractivity contribution in [2.75, 3.05) is 0 Å². The summed E-state index contributed by atoms with van der Waals surface area (Å²) in [4.78, 5) is 23.9. The van der Waals surface area contributed by atoms with Crippen LogP contribution >= 0.6 is 0 Å². The van der Waals surface area contributed by atoms with Gasteiger partial charge in [-0.3, -0.25) is 9.59 Å². The first-order valence-electron chi connectivity index (χ1n) is 7.90. The average Bonchev–Trinajstić information content (AvgIpc) is 2.38. The smallest absolute Gasteiger partial charge is 0.137 e. The molecule has 1 aromatic rings. The zero-order valence-electron chi connectivity index (χ0n) is 14.2. The zero-order valence-corrected chi connectivity index (χ0v) is 14.2. The molecule has 0 unspecified atom stereocenters. The number of benzene rings is 1. The molecule has 0 fully saturated rings. The van der Waals surface area contributed by atoms with E-state index in [1.54, 1.807) is 0 Å². The molecule has 5 nitrogen and oxygen atoms in total. The Morgan fingerprint density at radius 3 is 1.48 bits per heavy atom. The quantitative estimate of drug-likeness (QED) is 0.683. The molecule has 128 valence electrons. The zero-order chi connectivity index (χ0) is 17.7. The number of rotatable bonds is 8. The molecule has 0 saturated heterocycles. The second-order valence-electron chi connectivity index (χ2n) is 6.85. The Hall–Kier alpha value is -2.04. The summed E-state index contributed by atoms with van der Waals surface area (Å²) in [5, 5.41) is 30.1. The van der Waals surface area contributed by atoms with Gasteiger partial charge in [-0.1, -0.05) is 27.7 Å². The Morgan fingerprint density at radius 1 is 0.826 bits per heavy atom. The lowest BCUT2D eigenvalue weighted by molar-refractivity contribution is -0.119. The maximum absolute atomic E-state index is 11.9. The fourth-order valence-electron chi connectivity index (χ4n) is 2.53. The van der Waals surface area contributed by atoms with E-state index in [2.05, 4.69) is 0 Å². The van der Waals surface area contributed by atoms with E-state index in [1.165, 1.54) is 0 Å². The van der Waals surface area contributed by atoms with Crippen LogP contribution in [0.3, 0.4) is 0 Å². The van der Waals surface area contributed by atoms with Crippen molar-refractivity contribution in [1.29, 1.82) is 0 Å². The summed E-state index contributed by atoms with van der Waals surface area (Å²) in [5.41, 5.74) is 0.140. The molecule has 0 amide bonds. The fraction of sp³-hybridized carbons (Fsp3) is 0.556. The molecule has 0 radical (unpaired) electrons. The first kappa shape index (κ1) is 19.0. The van der Waals surface area contributed by atoms with Crippen LogP contribution in [0.15, 0.2) is 6.07 Å². The number of phenolic OH excluding ortho intramolecular Hbond substituents is 3. The predicted molar refractivity (Wildman–Crippen MR) is 87.8 cm³/mol. The van der Waals surface area contributed by atoms with Gasteiger partial charge in [0.1, 0.15) is 28.8 Å². The minimum atomic E-state index is -0.364. The molecule has 0 aliphatic heterocycles. The Morgan fingerprint density at radius 2 is 1.17 bits per heavy atom. The van der Waals surface area contributed by atoms with Crippen LogP contribution in [0, 0.1) is 11.8 Å². The molecule has 0 bridgehead atoms. The van der Waals surface area contributed by atoms with Crippen LogP contribution in [-0.2, 0) is 22.4 Å². The number of Topliss-reactive ketones (excluding diaryl/α,β-unsaturated/α-hetero) is 2. The Kier molecular flexibility index (Phi) is 6.61. The van der Waals surface area contributed by atoms with Crippen molar-refractivity contribution in [2.24, 2.45) is 11.8 Å². The second-order valence-corrected chi connectivity index (χ2v) is 6.85. The van der Waals surface area contributed by atoms with Gasteiger partial charge in [0.2, 0.25) is 0 Å². The maximum atomic E-state index is 11.9. The van der Waals surface area contributed by atoms with Crippen molar-refractivity contribution in [2.45, 2.75) is 53.4 Å². The molecule has 0 spiro atoms. The summed E-state index contributed by atoms with van der Waals surface area (Å²) in [6, 6.07) is 1.08. The van der Waals surface area contributed by atoms with E-state index < -0.39 is 0 Å². The Labute approximate surface area is 137 Å². The molecule has 0 aromatic heterocycles. The minimum Gasteiger partial charge on any atom is -0.507 e. The first-order valence-corrected chi connectivity index (χ1v) is 7.90. The second kappa shape index (κ2) is 7.99. The summed E-state index contributed by atoms with van der Waals surface area (Å²) in [5.74, 6) is -0.912. The van der Waals surface area contributed by atoms with E-state index in [0.29, 0.717) is 12.8 Å². The first-order chi connectivity index (χ1) is 10.6. The lowest BCUT2D eigenvalue weighted by atomic mass is 9.94. The fourth-order valence-corrected chi connectivity index (χ4v) is 2.53. The number of aromatic hydroxyl groups is 3.